The summed E-state index contributed by atoms with van der Waals surface area (Å²) in [7, 11) is 0. The van der Waals surface area contributed by atoms with E-state index >= 15 is 0 Å². The summed E-state index contributed by atoms with van der Waals surface area (Å²) in [5.41, 5.74) is 1.94. The Hall–Kier alpha value is -1.11. The normalized spacial score (nSPS) is 16.1. The number of allylic oxidation sites excluding steroid dienone is 1. The Labute approximate surface area is 144 Å². The molecule has 0 aliphatic rings. The second-order valence-electron chi connectivity index (χ2n) is 5.26. The van der Waals surface area contributed by atoms with Gasteiger partial charge in [-0.25, -0.2) is 0 Å². The van der Waals surface area contributed by atoms with Gasteiger partial charge in [-0.3, -0.25) is 4.79 Å². The lowest BCUT2D eigenvalue weighted by Crippen LogP contribution is -2.43. The molecule has 0 aliphatic carbocycles. The number of Topliss-reactive ketones (excluding diaryl/α,β-unsaturated/α-hetero) is 1. The average molecular weight is 343 g/mol. The molecule has 132 valence electrons. The summed E-state index contributed by atoms with van der Waals surface area (Å²) in [4.78, 5) is 14.0. The van der Waals surface area contributed by atoms with E-state index in [1.54, 1.807) is 13.1 Å². The van der Waals surface area contributed by atoms with Crippen LogP contribution in [0.15, 0.2) is 24.0 Å². The van der Waals surface area contributed by atoms with Gasteiger partial charge < -0.3 is 19.8 Å². The number of hydrogen-bond acceptors (Lipinski definition) is 6. The van der Waals surface area contributed by atoms with Gasteiger partial charge in [0.15, 0.2) is 5.78 Å². The molecule has 0 rings (SSSR count). The molecule has 0 spiro atoms. The molecule has 0 saturated heterocycles. The van der Waals surface area contributed by atoms with Gasteiger partial charge in [0.05, 0.1) is 11.2 Å². The molecule has 1 N–H and O–H groups in total. The van der Waals surface area contributed by atoms with E-state index in [-0.39, 0.29) is 17.8 Å². The van der Waals surface area contributed by atoms with Gasteiger partial charge in [0.25, 0.3) is 0 Å². The van der Waals surface area contributed by atoms with E-state index in [1.807, 2.05) is 39.5 Å². The third-order valence-corrected chi connectivity index (χ3v) is 4.97. The number of carbonyl (C=O) groups is 1. The maximum absolute atomic E-state index is 12.2. The van der Waals surface area contributed by atoms with Gasteiger partial charge in [0.2, 0.25) is 0 Å². The summed E-state index contributed by atoms with van der Waals surface area (Å²) < 4.78 is 11.3. The Kier molecular flexibility index (Phi) is 10.1. The van der Waals surface area contributed by atoms with Crippen LogP contribution in [-0.2, 0) is 14.3 Å². The monoisotopic (exact) mass is 342 g/mol. The third kappa shape index (κ3) is 5.79. The first-order valence-corrected chi connectivity index (χ1v) is 8.71. The number of ketones is 1. The molecular formula is C17H30N2O3S. The molecule has 0 heterocycles. The largest absolute Gasteiger partial charge is 0.356 e. The number of carbonyl (C=O) groups excluding carboxylic acids is 1. The fourth-order valence-electron chi connectivity index (χ4n) is 2.31. The minimum atomic E-state index is -0.741. The molecule has 5 nitrogen and oxygen atoms in total. The van der Waals surface area contributed by atoms with E-state index in [0.717, 1.165) is 5.57 Å². The summed E-state index contributed by atoms with van der Waals surface area (Å²) in [6.07, 6.45) is 1.65. The molecule has 0 aliphatic heterocycles. The fourth-order valence-corrected chi connectivity index (χ4v) is 3.01. The van der Waals surface area contributed by atoms with E-state index in [1.165, 1.54) is 17.3 Å². The van der Waals surface area contributed by atoms with Gasteiger partial charge >= 0.3 is 0 Å². The minimum absolute atomic E-state index is 0.0393. The average Bonchev–Trinajstić information content (AvgIpc) is 2.51. The van der Waals surface area contributed by atoms with Crippen LogP contribution >= 0.6 is 11.8 Å². The van der Waals surface area contributed by atoms with Crippen molar-refractivity contribution in [2.45, 2.75) is 52.4 Å². The highest BCUT2D eigenvalue weighted by molar-refractivity contribution is 8.12. The van der Waals surface area contributed by atoms with Gasteiger partial charge in [0.1, 0.15) is 12.4 Å². The molecule has 0 fully saturated rings. The number of likely N-dealkylation sites (N-methyl/N-ethyl adjacent to an activating group) is 1. The maximum Gasteiger partial charge on any atom is 0.176 e. The van der Waals surface area contributed by atoms with Crippen molar-refractivity contribution in [3.05, 3.63) is 24.0 Å². The summed E-state index contributed by atoms with van der Waals surface area (Å²) in [5, 5.41) is 7.30. The van der Waals surface area contributed by atoms with Crippen molar-refractivity contribution in [3.63, 3.8) is 0 Å². The number of thioether (sulfide) groups is 1. The first-order chi connectivity index (χ1) is 10.8. The van der Waals surface area contributed by atoms with E-state index < -0.39 is 5.60 Å². The van der Waals surface area contributed by atoms with E-state index in [0.29, 0.717) is 18.8 Å². The number of ether oxygens (including phenoxy) is 2. The van der Waals surface area contributed by atoms with Gasteiger partial charge in [0, 0.05) is 25.3 Å². The van der Waals surface area contributed by atoms with Gasteiger partial charge in [-0.05, 0) is 46.4 Å². The zero-order valence-electron chi connectivity index (χ0n) is 15.1. The highest BCUT2D eigenvalue weighted by Gasteiger charge is 2.37. The summed E-state index contributed by atoms with van der Waals surface area (Å²) >= 11 is 1.35. The van der Waals surface area contributed by atoms with Gasteiger partial charge in [-0.2, -0.15) is 0 Å². The molecule has 0 aromatic heterocycles. The molecule has 0 saturated carbocycles. The zero-order chi connectivity index (χ0) is 18.0. The molecule has 0 radical (unpaired) electrons. The number of rotatable bonds is 12. The van der Waals surface area contributed by atoms with E-state index in [4.69, 9.17) is 14.9 Å². The first kappa shape index (κ1) is 21.9. The highest BCUT2D eigenvalue weighted by Crippen LogP contribution is 2.35. The van der Waals surface area contributed by atoms with E-state index in [9.17, 15) is 4.79 Å². The number of nitrogens with one attached hydrogen (secondary N) is 1. The Balaban J connectivity index is 5.96. The van der Waals surface area contributed by atoms with Crippen molar-refractivity contribution in [1.29, 1.82) is 5.41 Å². The van der Waals surface area contributed by atoms with Crippen LogP contribution in [0.4, 0.5) is 0 Å². The van der Waals surface area contributed by atoms with Crippen LogP contribution in [0.5, 0.6) is 0 Å². The summed E-state index contributed by atoms with van der Waals surface area (Å²) in [6, 6.07) is 0. The molecule has 23 heavy (non-hydrogen) atoms. The standard InChI is InChI=1S/C17H30N2O3S/c1-8-19(9-2)16(14(5)20)13(4)17(7,15(6)23-11-18)22-12-21-10-3/h8,11,15,18H,1,9-10,12H2,2-7H3/b16-13-,18-11?/t15-,17?/m1/s1. The predicted molar refractivity (Wildman–Crippen MR) is 97.8 cm³/mol. The van der Waals surface area contributed by atoms with Crippen LogP contribution in [0.25, 0.3) is 0 Å². The van der Waals surface area contributed by atoms with Crippen molar-refractivity contribution >= 4 is 23.1 Å². The molecule has 6 heteroatoms. The smallest absolute Gasteiger partial charge is 0.176 e. The SMILES string of the molecule is C=CN(CC)/C(C(C)=O)=C(/C)C(C)(OCOCC)[C@@H](C)SC=N. The van der Waals surface area contributed by atoms with Gasteiger partial charge in [-0.15, -0.1) is 11.8 Å². The minimum Gasteiger partial charge on any atom is -0.356 e. The predicted octanol–water partition coefficient (Wildman–Crippen LogP) is 3.81. The van der Waals surface area contributed by atoms with Gasteiger partial charge in [-0.1, -0.05) is 6.58 Å². The van der Waals surface area contributed by atoms with Crippen LogP contribution in [0, 0.1) is 5.41 Å². The van der Waals surface area contributed by atoms with Crippen molar-refractivity contribution < 1.29 is 14.3 Å². The quantitative estimate of drug-likeness (QED) is 0.192. The van der Waals surface area contributed by atoms with Crippen LogP contribution < -0.4 is 0 Å². The van der Waals surface area contributed by atoms with Crippen LogP contribution in [-0.4, -0.2) is 47.0 Å². The van der Waals surface area contributed by atoms with E-state index in [2.05, 4.69) is 6.58 Å². The van der Waals surface area contributed by atoms with Crippen molar-refractivity contribution in [3.8, 4) is 0 Å². The molecule has 0 aromatic rings. The Morgan fingerprint density at radius 2 is 2.04 bits per heavy atom. The zero-order valence-corrected chi connectivity index (χ0v) is 16.0. The fraction of sp³-hybridized carbons (Fsp3) is 0.647. The number of hydrogen-bond donors (Lipinski definition) is 1. The van der Waals surface area contributed by atoms with Crippen molar-refractivity contribution in [1.82, 2.24) is 4.90 Å². The second-order valence-corrected chi connectivity index (χ2v) is 6.47. The molecule has 1 unspecified atom stereocenters. The van der Waals surface area contributed by atoms with Crippen molar-refractivity contribution in [2.24, 2.45) is 0 Å². The second kappa shape index (κ2) is 10.6. The lowest BCUT2D eigenvalue weighted by Gasteiger charge is -2.38. The summed E-state index contributed by atoms with van der Waals surface area (Å²) in [6.45, 7) is 16.3. The molecular weight excluding hydrogens is 312 g/mol. The lowest BCUT2D eigenvalue weighted by atomic mass is 9.90. The maximum atomic E-state index is 12.2. The third-order valence-electron chi connectivity index (χ3n) is 3.98. The summed E-state index contributed by atoms with van der Waals surface area (Å²) in [5.74, 6) is -0.0393. The van der Waals surface area contributed by atoms with Crippen LogP contribution in [0.2, 0.25) is 0 Å². The Morgan fingerprint density at radius 3 is 2.43 bits per heavy atom. The topological polar surface area (TPSA) is 62.6 Å². The van der Waals surface area contributed by atoms with Crippen LogP contribution in [0.1, 0.15) is 41.5 Å². The number of nitrogens with zero attached hydrogens (tertiary/aromatic N) is 1. The Morgan fingerprint density at radius 1 is 1.43 bits per heavy atom. The molecule has 0 amide bonds. The highest BCUT2D eigenvalue weighted by atomic mass is 32.2. The molecule has 0 bridgehead atoms. The Bertz CT molecular complexity index is 451. The molecule has 2 atom stereocenters. The lowest BCUT2D eigenvalue weighted by molar-refractivity contribution is -0.120. The molecule has 0 aromatic carbocycles. The van der Waals surface area contributed by atoms with Crippen molar-refractivity contribution in [2.75, 3.05) is 19.9 Å². The first-order valence-electron chi connectivity index (χ1n) is 7.77. The van der Waals surface area contributed by atoms with Crippen LogP contribution in [0.3, 0.4) is 0 Å².